The Morgan fingerprint density at radius 1 is 0.800 bits per heavy atom. The molecule has 5 rings (SSSR count). The average Bonchev–Trinajstić information content (AvgIpc) is 2.79. The van der Waals surface area contributed by atoms with Crippen molar-refractivity contribution in [1.29, 1.82) is 0 Å². The first-order valence-electron chi connectivity index (χ1n) is 9.79. The molecule has 3 aromatic carbocycles. The van der Waals surface area contributed by atoms with Crippen LogP contribution in [-0.2, 0) is 0 Å². The molecule has 0 spiro atoms. The van der Waals surface area contributed by atoms with Gasteiger partial charge in [0.15, 0.2) is 5.82 Å². The molecular weight excluding hydrogens is 372 g/mol. The standard InChI is InChI=1S/C25H20N4O/c1-16-12-20-22(28-29-25-19-10-6-7-11-21(19)26-15-27-25)14-23(18-8-4-3-5-9-18)30-24(20)13-17(16)2/h3-15H,1-2H3,(H,26,27,29)/b28-22+. The first-order valence-corrected chi connectivity index (χ1v) is 9.79. The Morgan fingerprint density at radius 2 is 1.57 bits per heavy atom. The third-order valence-electron chi connectivity index (χ3n) is 5.24. The lowest BCUT2D eigenvalue weighted by Crippen LogP contribution is -2.09. The highest BCUT2D eigenvalue weighted by molar-refractivity contribution is 5.88. The van der Waals surface area contributed by atoms with Crippen molar-refractivity contribution < 1.29 is 4.42 Å². The molecule has 0 bridgehead atoms. The van der Waals surface area contributed by atoms with Gasteiger partial charge in [0.25, 0.3) is 0 Å². The summed E-state index contributed by atoms with van der Waals surface area (Å²) in [4.78, 5) is 8.69. The number of nitrogens with zero attached hydrogens (tertiary/aromatic N) is 3. The molecule has 0 aliphatic heterocycles. The van der Waals surface area contributed by atoms with Gasteiger partial charge in [-0.05, 0) is 49.2 Å². The zero-order valence-corrected chi connectivity index (χ0v) is 16.8. The van der Waals surface area contributed by atoms with Crippen molar-refractivity contribution in [3.63, 3.8) is 0 Å². The summed E-state index contributed by atoms with van der Waals surface area (Å²) in [5.74, 6) is 1.43. The maximum absolute atomic E-state index is 6.23. The summed E-state index contributed by atoms with van der Waals surface area (Å²) in [5, 5.41) is 7.37. The van der Waals surface area contributed by atoms with Crippen molar-refractivity contribution in [3.8, 4) is 11.3 Å². The molecule has 5 nitrogen and oxygen atoms in total. The highest BCUT2D eigenvalue weighted by Crippen LogP contribution is 2.24. The number of hydrogen-bond donors (Lipinski definition) is 1. The van der Waals surface area contributed by atoms with Gasteiger partial charge < -0.3 is 4.42 Å². The number of anilines is 1. The quantitative estimate of drug-likeness (QED) is 0.407. The van der Waals surface area contributed by atoms with Crippen LogP contribution in [0.4, 0.5) is 5.82 Å². The number of benzene rings is 3. The Hall–Kier alpha value is -3.99. The summed E-state index contributed by atoms with van der Waals surface area (Å²) in [6.45, 7) is 4.18. The summed E-state index contributed by atoms with van der Waals surface area (Å²) in [7, 11) is 0. The number of para-hydroxylation sites is 1. The maximum atomic E-state index is 6.23. The third kappa shape index (κ3) is 3.31. The van der Waals surface area contributed by atoms with Crippen molar-refractivity contribution in [2.24, 2.45) is 5.10 Å². The van der Waals surface area contributed by atoms with E-state index in [1.807, 2.05) is 60.7 Å². The van der Waals surface area contributed by atoms with E-state index in [9.17, 15) is 0 Å². The Kier molecular flexibility index (Phi) is 4.48. The molecule has 0 saturated heterocycles. The normalized spacial score (nSPS) is 11.9. The predicted molar refractivity (Wildman–Crippen MR) is 120 cm³/mol. The van der Waals surface area contributed by atoms with Gasteiger partial charge in [0.2, 0.25) is 0 Å². The van der Waals surface area contributed by atoms with Gasteiger partial charge in [-0.2, -0.15) is 5.10 Å². The minimum absolute atomic E-state index is 0.666. The summed E-state index contributed by atoms with van der Waals surface area (Å²) < 4.78 is 6.23. The van der Waals surface area contributed by atoms with E-state index in [0.717, 1.165) is 38.6 Å². The molecule has 2 heterocycles. The molecule has 5 aromatic rings. The van der Waals surface area contributed by atoms with Crippen LogP contribution in [0.25, 0.3) is 33.2 Å². The molecule has 0 aliphatic carbocycles. The molecular formula is C25H20N4O. The minimum Gasteiger partial charge on any atom is -0.456 e. The first-order chi connectivity index (χ1) is 14.7. The zero-order chi connectivity index (χ0) is 20.5. The number of fused-ring (bicyclic) bond motifs is 2. The number of aryl methyl sites for hydroxylation is 2. The van der Waals surface area contributed by atoms with E-state index in [1.165, 1.54) is 11.1 Å². The van der Waals surface area contributed by atoms with Crippen LogP contribution in [-0.4, -0.2) is 9.97 Å². The highest BCUT2D eigenvalue weighted by atomic mass is 16.3. The minimum atomic E-state index is 0.666. The van der Waals surface area contributed by atoms with Crippen molar-refractivity contribution in [2.45, 2.75) is 13.8 Å². The number of hydrogen-bond acceptors (Lipinski definition) is 5. The smallest absolute Gasteiger partial charge is 0.157 e. The molecule has 0 amide bonds. The van der Waals surface area contributed by atoms with E-state index in [0.29, 0.717) is 5.82 Å². The summed E-state index contributed by atoms with van der Waals surface area (Å²) in [6, 6.07) is 24.0. The first kappa shape index (κ1) is 18.1. The van der Waals surface area contributed by atoms with Gasteiger partial charge in [0.1, 0.15) is 17.7 Å². The SMILES string of the molecule is Cc1cc2oc(-c3ccccc3)c/c(=N\Nc3ncnc4ccccc34)c2cc1C. The average molecular weight is 392 g/mol. The molecule has 2 aromatic heterocycles. The summed E-state index contributed by atoms with van der Waals surface area (Å²) in [6.07, 6.45) is 1.54. The number of rotatable bonds is 3. The third-order valence-corrected chi connectivity index (χ3v) is 5.24. The van der Waals surface area contributed by atoms with Crippen molar-refractivity contribution in [1.82, 2.24) is 9.97 Å². The van der Waals surface area contributed by atoms with Gasteiger partial charge in [-0.1, -0.05) is 42.5 Å². The lowest BCUT2D eigenvalue weighted by Gasteiger charge is -2.08. The molecule has 0 atom stereocenters. The van der Waals surface area contributed by atoms with Crippen LogP contribution < -0.4 is 10.8 Å². The molecule has 0 saturated carbocycles. The van der Waals surface area contributed by atoms with Crippen LogP contribution in [0.3, 0.4) is 0 Å². The van der Waals surface area contributed by atoms with E-state index < -0.39 is 0 Å². The van der Waals surface area contributed by atoms with Crippen LogP contribution in [0, 0.1) is 13.8 Å². The van der Waals surface area contributed by atoms with E-state index in [2.05, 4.69) is 41.4 Å². The fraction of sp³-hybridized carbons (Fsp3) is 0.0800. The molecule has 5 heteroatoms. The molecule has 0 unspecified atom stereocenters. The van der Waals surface area contributed by atoms with Gasteiger partial charge >= 0.3 is 0 Å². The van der Waals surface area contributed by atoms with Crippen LogP contribution in [0.1, 0.15) is 11.1 Å². The molecule has 30 heavy (non-hydrogen) atoms. The number of aromatic nitrogens is 2. The van der Waals surface area contributed by atoms with Gasteiger partial charge in [0, 0.05) is 22.4 Å². The number of nitrogens with one attached hydrogen (secondary N) is 1. The van der Waals surface area contributed by atoms with Gasteiger partial charge in [0.05, 0.1) is 10.9 Å². The maximum Gasteiger partial charge on any atom is 0.157 e. The van der Waals surface area contributed by atoms with E-state index >= 15 is 0 Å². The molecule has 0 radical (unpaired) electrons. The van der Waals surface area contributed by atoms with Gasteiger partial charge in [-0.3, -0.25) is 5.43 Å². The van der Waals surface area contributed by atoms with E-state index in [1.54, 1.807) is 6.33 Å². The van der Waals surface area contributed by atoms with Crippen molar-refractivity contribution in [3.05, 3.63) is 95.6 Å². The van der Waals surface area contributed by atoms with Crippen LogP contribution in [0.15, 0.2) is 88.6 Å². The monoisotopic (exact) mass is 392 g/mol. The van der Waals surface area contributed by atoms with Crippen molar-refractivity contribution in [2.75, 3.05) is 5.43 Å². The Balaban J connectivity index is 1.71. The second kappa shape index (κ2) is 7.44. The predicted octanol–water partition coefficient (Wildman–Crippen LogP) is 5.59. The van der Waals surface area contributed by atoms with Gasteiger partial charge in [-0.15, -0.1) is 0 Å². The van der Waals surface area contributed by atoms with Crippen LogP contribution >= 0.6 is 0 Å². The Morgan fingerprint density at radius 3 is 2.43 bits per heavy atom. The fourth-order valence-electron chi connectivity index (χ4n) is 3.47. The molecule has 0 aliphatic rings. The lowest BCUT2D eigenvalue weighted by atomic mass is 10.1. The lowest BCUT2D eigenvalue weighted by molar-refractivity contribution is 0.617. The van der Waals surface area contributed by atoms with Crippen molar-refractivity contribution >= 4 is 27.7 Å². The summed E-state index contributed by atoms with van der Waals surface area (Å²) >= 11 is 0. The largest absolute Gasteiger partial charge is 0.456 e. The molecule has 0 fully saturated rings. The van der Waals surface area contributed by atoms with Crippen LogP contribution in [0.2, 0.25) is 0 Å². The fourth-order valence-corrected chi connectivity index (χ4v) is 3.47. The summed E-state index contributed by atoms with van der Waals surface area (Å²) in [5.41, 5.74) is 8.18. The Labute approximate surface area is 173 Å². The second-order valence-electron chi connectivity index (χ2n) is 7.26. The highest BCUT2D eigenvalue weighted by Gasteiger charge is 2.08. The zero-order valence-electron chi connectivity index (χ0n) is 16.8. The van der Waals surface area contributed by atoms with E-state index in [4.69, 9.17) is 9.52 Å². The Bertz CT molecular complexity index is 1430. The van der Waals surface area contributed by atoms with Crippen LogP contribution in [0.5, 0.6) is 0 Å². The molecule has 1 N–H and O–H groups in total. The topological polar surface area (TPSA) is 63.3 Å². The van der Waals surface area contributed by atoms with Gasteiger partial charge in [-0.25, -0.2) is 9.97 Å². The second-order valence-corrected chi connectivity index (χ2v) is 7.26. The molecule has 146 valence electrons. The van der Waals surface area contributed by atoms with E-state index in [-0.39, 0.29) is 0 Å².